The molecule has 0 saturated carbocycles. The van der Waals surface area contributed by atoms with Gasteiger partial charge in [-0.05, 0) is 26.2 Å². The van der Waals surface area contributed by atoms with Gasteiger partial charge in [-0.1, -0.05) is 6.92 Å². The molecule has 4 heterocycles. The Morgan fingerprint density at radius 2 is 1.92 bits per heavy atom. The van der Waals surface area contributed by atoms with Crippen LogP contribution in [0.15, 0.2) is 36.1 Å². The average Bonchev–Trinajstić information content (AvgIpc) is 3.42. The molecule has 15 heteroatoms. The number of halogens is 3. The maximum Gasteiger partial charge on any atom is 0.419 e. The van der Waals surface area contributed by atoms with Crippen LogP contribution in [0, 0.1) is 5.92 Å². The number of hydrogen-bond donors (Lipinski definition) is 2. The van der Waals surface area contributed by atoms with Gasteiger partial charge in [0, 0.05) is 50.3 Å². The second-order valence-corrected chi connectivity index (χ2v) is 11.8. The molecule has 2 N–H and O–H groups in total. The molecule has 2 atom stereocenters. The van der Waals surface area contributed by atoms with E-state index in [-0.39, 0.29) is 53.8 Å². The Labute approximate surface area is 212 Å². The molecule has 4 rings (SSSR count). The van der Waals surface area contributed by atoms with E-state index in [1.807, 2.05) is 6.92 Å². The Bertz CT molecular complexity index is 1360. The van der Waals surface area contributed by atoms with Crippen LogP contribution in [-0.4, -0.2) is 71.9 Å². The summed E-state index contributed by atoms with van der Waals surface area (Å²) >= 11 is 0. The van der Waals surface area contributed by atoms with Crippen molar-refractivity contribution in [3.63, 3.8) is 0 Å². The van der Waals surface area contributed by atoms with Crippen LogP contribution >= 0.6 is 0 Å². The van der Waals surface area contributed by atoms with E-state index in [0.29, 0.717) is 6.42 Å². The highest BCUT2D eigenvalue weighted by Gasteiger charge is 2.37. The van der Waals surface area contributed by atoms with Gasteiger partial charge in [-0.2, -0.15) is 22.6 Å². The van der Waals surface area contributed by atoms with Crippen LogP contribution in [-0.2, 0) is 29.8 Å². The number of imidazole rings is 1. The number of anilines is 1. The van der Waals surface area contributed by atoms with Gasteiger partial charge in [0.25, 0.3) is 10.0 Å². The summed E-state index contributed by atoms with van der Waals surface area (Å²) in [5.74, 6) is -0.188. The van der Waals surface area contributed by atoms with Gasteiger partial charge in [0.15, 0.2) is 5.03 Å². The van der Waals surface area contributed by atoms with Gasteiger partial charge in [0.2, 0.25) is 5.95 Å². The van der Waals surface area contributed by atoms with E-state index in [1.54, 1.807) is 25.5 Å². The minimum atomic E-state index is -4.69. The van der Waals surface area contributed by atoms with Crippen LogP contribution in [0.3, 0.4) is 0 Å². The van der Waals surface area contributed by atoms with Crippen LogP contribution in [0.2, 0.25) is 0 Å². The molecule has 1 aliphatic heterocycles. The molecule has 3 aromatic rings. The number of hydrogen-bond acceptors (Lipinski definition) is 8. The molecule has 0 amide bonds. The third kappa shape index (κ3) is 6.10. The molecule has 0 aromatic carbocycles. The summed E-state index contributed by atoms with van der Waals surface area (Å²) in [4.78, 5) is 12.0. The van der Waals surface area contributed by atoms with Crippen LogP contribution in [0.4, 0.5) is 19.1 Å². The van der Waals surface area contributed by atoms with E-state index in [4.69, 9.17) is 0 Å². The average molecular weight is 543 g/mol. The van der Waals surface area contributed by atoms with Crippen LogP contribution < -0.4 is 5.32 Å². The molecular formula is C22H29F3N8O3S. The topological polar surface area (TPSA) is 131 Å². The number of alkyl halides is 3. The summed E-state index contributed by atoms with van der Waals surface area (Å²) in [5, 5.41) is 17.1. The minimum Gasteiger partial charge on any atom is -0.389 e. The van der Waals surface area contributed by atoms with Crippen LogP contribution in [0.1, 0.15) is 32.8 Å². The van der Waals surface area contributed by atoms with Crippen LogP contribution in [0.25, 0.3) is 11.3 Å². The van der Waals surface area contributed by atoms with Crippen molar-refractivity contribution < 1.29 is 26.7 Å². The predicted molar refractivity (Wildman–Crippen MR) is 128 cm³/mol. The van der Waals surface area contributed by atoms with Gasteiger partial charge in [-0.25, -0.2) is 23.4 Å². The third-order valence-electron chi connectivity index (χ3n) is 6.02. The van der Waals surface area contributed by atoms with Crippen molar-refractivity contribution in [2.24, 2.45) is 13.0 Å². The Balaban J connectivity index is 1.54. The maximum atomic E-state index is 13.7. The summed E-state index contributed by atoms with van der Waals surface area (Å²) in [6.07, 6.45) is 1.94. The van der Waals surface area contributed by atoms with Crippen LogP contribution in [0.5, 0.6) is 0 Å². The minimum absolute atomic E-state index is 0.00359. The van der Waals surface area contributed by atoms with Gasteiger partial charge in [-0.3, -0.25) is 4.68 Å². The summed E-state index contributed by atoms with van der Waals surface area (Å²) in [5.41, 5.74) is -2.32. The van der Waals surface area contributed by atoms with E-state index in [1.165, 1.54) is 33.9 Å². The lowest BCUT2D eigenvalue weighted by Gasteiger charge is -2.36. The first kappa shape index (κ1) is 27.0. The van der Waals surface area contributed by atoms with Crippen molar-refractivity contribution in [3.05, 3.63) is 36.7 Å². The van der Waals surface area contributed by atoms with Gasteiger partial charge in [0.05, 0.1) is 30.4 Å². The molecule has 0 spiro atoms. The van der Waals surface area contributed by atoms with Crippen molar-refractivity contribution >= 4 is 16.0 Å². The molecule has 1 saturated heterocycles. The smallest absolute Gasteiger partial charge is 0.389 e. The fraction of sp³-hybridized carbons (Fsp3) is 0.545. The molecule has 0 unspecified atom stereocenters. The normalized spacial score (nSPS) is 19.8. The van der Waals surface area contributed by atoms with E-state index in [2.05, 4.69) is 25.4 Å². The Morgan fingerprint density at radius 1 is 1.19 bits per heavy atom. The Morgan fingerprint density at radius 3 is 2.51 bits per heavy atom. The fourth-order valence-corrected chi connectivity index (χ4v) is 5.73. The molecule has 0 bridgehead atoms. The molecule has 0 aliphatic carbocycles. The Kier molecular flexibility index (Phi) is 7.07. The predicted octanol–water partition coefficient (Wildman–Crippen LogP) is 2.37. The zero-order valence-corrected chi connectivity index (χ0v) is 21.6. The van der Waals surface area contributed by atoms with Gasteiger partial charge < -0.3 is 15.0 Å². The Hall–Kier alpha value is -3.04. The quantitative estimate of drug-likeness (QED) is 0.465. The number of sulfonamides is 1. The van der Waals surface area contributed by atoms with Crippen molar-refractivity contribution in [1.82, 2.24) is 33.6 Å². The lowest BCUT2D eigenvalue weighted by Crippen LogP contribution is -2.47. The summed E-state index contributed by atoms with van der Waals surface area (Å²) < 4.78 is 71.2. The van der Waals surface area contributed by atoms with Crippen molar-refractivity contribution in [3.8, 4) is 11.3 Å². The number of nitrogens with one attached hydrogen (secondary N) is 1. The number of aliphatic hydroxyl groups is 1. The standard InChI is InChI=1S/C22H29F3N8O3S/c1-14-9-33(37(35,36)18-11-31(4)13-27-18)6-5-17(14)29-20-26-8-16(22(23,24)25)19(30-20)15-7-28-32(10-15)12-21(2,3)34/h7-8,10-11,13-14,17,34H,5-6,9,12H2,1-4H3,(H,26,29,30)/t14-,17+/m1/s1. The summed E-state index contributed by atoms with van der Waals surface area (Å²) in [7, 11) is -2.07. The lowest BCUT2D eigenvalue weighted by atomic mass is 9.95. The molecule has 37 heavy (non-hydrogen) atoms. The number of piperidine rings is 1. The molecule has 1 fully saturated rings. The largest absolute Gasteiger partial charge is 0.419 e. The summed E-state index contributed by atoms with van der Waals surface area (Å²) in [6.45, 7) is 5.48. The van der Waals surface area contributed by atoms with E-state index < -0.39 is 27.4 Å². The third-order valence-corrected chi connectivity index (χ3v) is 7.77. The highest BCUT2D eigenvalue weighted by molar-refractivity contribution is 7.89. The first-order valence-electron chi connectivity index (χ1n) is 11.6. The van der Waals surface area contributed by atoms with Crippen molar-refractivity contribution in [2.75, 3.05) is 18.4 Å². The number of aromatic nitrogens is 6. The molecule has 1 aliphatic rings. The molecule has 11 nitrogen and oxygen atoms in total. The van der Waals surface area contributed by atoms with E-state index >= 15 is 0 Å². The molecule has 3 aromatic heterocycles. The zero-order valence-electron chi connectivity index (χ0n) is 20.8. The highest BCUT2D eigenvalue weighted by atomic mass is 32.2. The second-order valence-electron chi connectivity index (χ2n) is 9.95. The van der Waals surface area contributed by atoms with E-state index in [0.717, 1.165) is 6.20 Å². The SMILES string of the molecule is C[C@@H]1CN(S(=O)(=O)c2cn(C)cn2)CC[C@@H]1Nc1ncc(C(F)(F)F)c(-c2cnn(CC(C)(C)O)c2)n1. The number of aryl methyl sites for hydroxylation is 1. The first-order valence-corrected chi connectivity index (χ1v) is 13.0. The van der Waals surface area contributed by atoms with E-state index in [9.17, 15) is 26.7 Å². The molecule has 0 radical (unpaired) electrons. The summed E-state index contributed by atoms with van der Waals surface area (Å²) in [6, 6.07) is -0.266. The lowest BCUT2D eigenvalue weighted by molar-refractivity contribution is -0.137. The van der Waals surface area contributed by atoms with Gasteiger partial charge in [-0.15, -0.1) is 0 Å². The molecule has 202 valence electrons. The second kappa shape index (κ2) is 9.68. The monoisotopic (exact) mass is 542 g/mol. The molecular weight excluding hydrogens is 513 g/mol. The maximum absolute atomic E-state index is 13.7. The van der Waals surface area contributed by atoms with Gasteiger partial charge in [0.1, 0.15) is 5.56 Å². The zero-order chi connectivity index (χ0) is 27.2. The number of rotatable bonds is 7. The number of nitrogens with zero attached hydrogens (tertiary/aromatic N) is 7. The van der Waals surface area contributed by atoms with Crippen molar-refractivity contribution in [2.45, 2.75) is 56.6 Å². The highest BCUT2D eigenvalue weighted by Crippen LogP contribution is 2.36. The fourth-order valence-electron chi connectivity index (χ4n) is 4.21. The first-order chi connectivity index (χ1) is 17.1. The van der Waals surface area contributed by atoms with Gasteiger partial charge >= 0.3 is 6.18 Å². The van der Waals surface area contributed by atoms with Crippen molar-refractivity contribution in [1.29, 1.82) is 0 Å².